The van der Waals surface area contributed by atoms with E-state index < -0.39 is 16.1 Å². The lowest BCUT2D eigenvalue weighted by molar-refractivity contribution is 0.837. The Bertz CT molecular complexity index is 966. The average Bonchev–Trinajstić information content (AvgIpc) is 3.47. The predicted molar refractivity (Wildman–Crippen MR) is 172 cm³/mol. The smallest absolute Gasteiger partial charge is 0.107 e. The van der Waals surface area contributed by atoms with E-state index in [2.05, 4.69) is 142 Å². The maximum atomic E-state index is 2.49. The maximum Gasteiger partial charge on any atom is 0.107 e. The van der Waals surface area contributed by atoms with Gasteiger partial charge in [0.15, 0.2) is 0 Å². The van der Waals surface area contributed by atoms with Crippen molar-refractivity contribution >= 4 is 59.2 Å². The SMILES string of the molecule is CC(C)[Si](c1ccc(-c2ccc(-c3ccc([Si](C(C)C)(C(C)C)C(C)C)s3)s2)s1)(C(C)C)C(C)C. The van der Waals surface area contributed by atoms with E-state index in [0.717, 1.165) is 33.2 Å². The standard InChI is InChI=1S/C30H48S3Si2/c1-19(2)34(20(3)4,21(5)6)29-17-15-27(32-29)25-13-14-26(31-25)28-16-18-30(33-28)35(22(7)8,23(9)10)24(11)12/h13-24H,1-12H3. The van der Waals surface area contributed by atoms with Gasteiger partial charge < -0.3 is 0 Å². The van der Waals surface area contributed by atoms with Gasteiger partial charge in [0.2, 0.25) is 0 Å². The highest BCUT2D eigenvalue weighted by Gasteiger charge is 2.46. The van der Waals surface area contributed by atoms with Crippen molar-refractivity contribution in [1.82, 2.24) is 0 Å². The quantitative estimate of drug-likeness (QED) is 0.216. The fourth-order valence-corrected chi connectivity index (χ4v) is 28.9. The Labute approximate surface area is 230 Å². The zero-order chi connectivity index (χ0) is 26.3. The highest BCUT2D eigenvalue weighted by atomic mass is 32.1. The summed E-state index contributed by atoms with van der Waals surface area (Å²) in [4.78, 5) is 5.79. The zero-order valence-corrected chi connectivity index (χ0v) is 28.6. The molecule has 0 radical (unpaired) electrons. The Morgan fingerprint density at radius 2 is 0.600 bits per heavy atom. The van der Waals surface area contributed by atoms with Crippen LogP contribution < -0.4 is 9.00 Å². The molecule has 0 saturated heterocycles. The van der Waals surface area contributed by atoms with Crippen LogP contribution in [-0.4, -0.2) is 16.1 Å². The summed E-state index contributed by atoms with van der Waals surface area (Å²) in [5.74, 6) is 0. The molecule has 0 nitrogen and oxygen atoms in total. The first-order valence-electron chi connectivity index (χ1n) is 13.6. The van der Waals surface area contributed by atoms with Gasteiger partial charge in [0.05, 0.1) is 0 Å². The molecule has 3 aromatic heterocycles. The molecular weight excluding hydrogens is 513 g/mol. The van der Waals surface area contributed by atoms with Crippen molar-refractivity contribution in [3.8, 4) is 19.5 Å². The summed E-state index contributed by atoms with van der Waals surface area (Å²) in [6, 6.07) is 14.6. The summed E-state index contributed by atoms with van der Waals surface area (Å²) in [6.45, 7) is 29.6. The molecule has 0 aliphatic rings. The fourth-order valence-electron chi connectivity index (χ4n) is 7.72. The number of hydrogen-bond acceptors (Lipinski definition) is 3. The third-order valence-corrected chi connectivity index (χ3v) is 28.4. The molecule has 194 valence electrons. The molecule has 0 spiro atoms. The zero-order valence-electron chi connectivity index (χ0n) is 24.2. The van der Waals surface area contributed by atoms with Crippen molar-refractivity contribution in [2.24, 2.45) is 0 Å². The van der Waals surface area contributed by atoms with Crippen molar-refractivity contribution in [3.63, 3.8) is 0 Å². The number of hydrogen-bond donors (Lipinski definition) is 0. The largest absolute Gasteiger partial charge is 0.144 e. The van der Waals surface area contributed by atoms with Gasteiger partial charge in [-0.15, -0.1) is 34.0 Å². The summed E-state index contributed by atoms with van der Waals surface area (Å²) in [5.41, 5.74) is 4.53. The minimum atomic E-state index is -1.59. The van der Waals surface area contributed by atoms with Gasteiger partial charge in [-0.1, -0.05) is 95.2 Å². The van der Waals surface area contributed by atoms with Crippen LogP contribution >= 0.6 is 34.0 Å². The molecular formula is C30H48S3Si2. The summed E-state index contributed by atoms with van der Waals surface area (Å²) < 4.78 is 3.39. The summed E-state index contributed by atoms with van der Waals surface area (Å²) >= 11 is 6.17. The van der Waals surface area contributed by atoms with Gasteiger partial charge in [-0.3, -0.25) is 0 Å². The van der Waals surface area contributed by atoms with Crippen LogP contribution in [0.25, 0.3) is 19.5 Å². The fraction of sp³-hybridized carbons (Fsp3) is 0.600. The maximum absolute atomic E-state index is 2.49. The molecule has 0 atom stereocenters. The first kappa shape index (κ1) is 29.1. The van der Waals surface area contributed by atoms with Gasteiger partial charge in [-0.25, -0.2) is 0 Å². The average molecular weight is 561 g/mol. The van der Waals surface area contributed by atoms with E-state index in [1.54, 1.807) is 9.00 Å². The van der Waals surface area contributed by atoms with Gasteiger partial charge in [-0.05, 0) is 66.5 Å². The highest BCUT2D eigenvalue weighted by Crippen LogP contribution is 2.46. The Morgan fingerprint density at radius 3 is 0.857 bits per heavy atom. The molecule has 0 amide bonds. The molecule has 0 bridgehead atoms. The van der Waals surface area contributed by atoms with Gasteiger partial charge in [-0.2, -0.15) is 0 Å². The molecule has 3 rings (SSSR count). The molecule has 5 heteroatoms. The monoisotopic (exact) mass is 560 g/mol. The predicted octanol–water partition coefficient (Wildman–Crippen LogP) is 11.0. The van der Waals surface area contributed by atoms with E-state index in [1.165, 1.54) is 19.5 Å². The Balaban J connectivity index is 1.98. The van der Waals surface area contributed by atoms with E-state index in [1.807, 2.05) is 11.3 Å². The van der Waals surface area contributed by atoms with Gasteiger partial charge >= 0.3 is 0 Å². The van der Waals surface area contributed by atoms with Gasteiger partial charge in [0, 0.05) is 19.5 Å². The van der Waals surface area contributed by atoms with Crippen LogP contribution in [0.15, 0.2) is 36.4 Å². The van der Waals surface area contributed by atoms with Crippen molar-refractivity contribution < 1.29 is 0 Å². The molecule has 35 heavy (non-hydrogen) atoms. The number of thiophene rings is 3. The van der Waals surface area contributed by atoms with Crippen LogP contribution in [0.5, 0.6) is 0 Å². The molecule has 0 aliphatic heterocycles. The molecule has 0 unspecified atom stereocenters. The molecule has 0 N–H and O–H groups in total. The van der Waals surface area contributed by atoms with Crippen LogP contribution in [0.1, 0.15) is 83.1 Å². The molecule has 0 fully saturated rings. The molecule has 0 saturated carbocycles. The van der Waals surface area contributed by atoms with Crippen LogP contribution in [-0.2, 0) is 0 Å². The van der Waals surface area contributed by atoms with E-state index in [9.17, 15) is 0 Å². The minimum absolute atomic E-state index is 0.754. The topological polar surface area (TPSA) is 0 Å². The molecule has 0 aliphatic carbocycles. The van der Waals surface area contributed by atoms with Crippen LogP contribution in [0, 0.1) is 0 Å². The highest BCUT2D eigenvalue weighted by molar-refractivity contribution is 7.34. The second kappa shape index (κ2) is 11.1. The normalized spacial score (nSPS) is 13.5. The summed E-state index contributed by atoms with van der Waals surface area (Å²) in [5, 5.41) is 0. The summed E-state index contributed by atoms with van der Waals surface area (Å²) in [7, 11) is -3.19. The first-order valence-corrected chi connectivity index (χ1v) is 20.5. The molecule has 3 heterocycles. The van der Waals surface area contributed by atoms with Crippen molar-refractivity contribution in [2.75, 3.05) is 0 Å². The Kier molecular flexibility index (Phi) is 9.23. The first-order chi connectivity index (χ1) is 16.3. The van der Waals surface area contributed by atoms with E-state index in [-0.39, 0.29) is 0 Å². The lowest BCUT2D eigenvalue weighted by Gasteiger charge is -2.42. The minimum Gasteiger partial charge on any atom is -0.144 e. The Morgan fingerprint density at radius 1 is 0.371 bits per heavy atom. The van der Waals surface area contributed by atoms with Crippen molar-refractivity contribution in [2.45, 2.75) is 116 Å². The molecule has 3 aromatic rings. The number of rotatable bonds is 10. The lowest BCUT2D eigenvalue weighted by Crippen LogP contribution is -2.54. The summed E-state index contributed by atoms with van der Waals surface area (Å²) in [6.07, 6.45) is 0. The third-order valence-electron chi connectivity index (χ3n) is 8.89. The third kappa shape index (κ3) is 4.90. The van der Waals surface area contributed by atoms with E-state index >= 15 is 0 Å². The van der Waals surface area contributed by atoms with Crippen LogP contribution in [0.4, 0.5) is 0 Å². The lowest BCUT2D eigenvalue weighted by atomic mass is 10.3. The second-order valence-electron chi connectivity index (χ2n) is 12.3. The van der Waals surface area contributed by atoms with E-state index in [0.29, 0.717) is 0 Å². The molecule has 0 aromatic carbocycles. The van der Waals surface area contributed by atoms with Gasteiger partial charge in [0.1, 0.15) is 16.1 Å². The Hall–Kier alpha value is -0.466. The van der Waals surface area contributed by atoms with Crippen LogP contribution in [0.2, 0.25) is 33.2 Å². The van der Waals surface area contributed by atoms with E-state index in [4.69, 9.17) is 0 Å². The van der Waals surface area contributed by atoms with Crippen LogP contribution in [0.3, 0.4) is 0 Å². The van der Waals surface area contributed by atoms with Crippen molar-refractivity contribution in [1.29, 1.82) is 0 Å². The second-order valence-corrected chi connectivity index (χ2v) is 28.0. The van der Waals surface area contributed by atoms with Crippen molar-refractivity contribution in [3.05, 3.63) is 36.4 Å². The van der Waals surface area contributed by atoms with Gasteiger partial charge in [0.25, 0.3) is 0 Å².